The number of nitrogens with one attached hydrogen (secondary N) is 1. The number of nitrogens with zero attached hydrogens (tertiary/aromatic N) is 6. The molecule has 9 nitrogen and oxygen atoms in total. The molecule has 3 heterocycles. The van der Waals surface area contributed by atoms with Gasteiger partial charge in [-0.25, -0.2) is 0 Å². The van der Waals surface area contributed by atoms with Crippen molar-refractivity contribution in [3.63, 3.8) is 0 Å². The Bertz CT molecular complexity index is 1100. The molecule has 0 bridgehead atoms. The van der Waals surface area contributed by atoms with E-state index in [1.807, 2.05) is 54.4 Å². The largest absolute Gasteiger partial charge is 0.379 e. The summed E-state index contributed by atoms with van der Waals surface area (Å²) in [6.07, 6.45) is 0.630. The van der Waals surface area contributed by atoms with Crippen LogP contribution in [0.3, 0.4) is 0 Å². The van der Waals surface area contributed by atoms with Crippen molar-refractivity contribution in [2.45, 2.75) is 32.0 Å². The fraction of sp³-hybridized carbons (Fsp3) is 0.500. The molecule has 2 aromatic heterocycles. The highest BCUT2D eigenvalue weighted by Gasteiger charge is 2.13. The molecular formula is C24H33N7O2S. The van der Waals surface area contributed by atoms with E-state index in [-0.39, 0.29) is 5.91 Å². The van der Waals surface area contributed by atoms with Crippen LogP contribution in [0.25, 0.3) is 0 Å². The van der Waals surface area contributed by atoms with E-state index in [0.29, 0.717) is 25.1 Å². The minimum Gasteiger partial charge on any atom is -0.379 e. The SMILES string of the molecule is Cc1cc(C)n(Cc2cccc(C(=O)NCCc3nnc(SCCN4CCOCC4)n3C)c2)n1. The van der Waals surface area contributed by atoms with Crippen molar-refractivity contribution in [2.75, 3.05) is 45.1 Å². The van der Waals surface area contributed by atoms with Gasteiger partial charge in [0.1, 0.15) is 5.82 Å². The molecule has 1 amide bonds. The standard InChI is InChI=1S/C24H33N7O2S/c1-18-15-19(2)31(28-18)17-20-5-4-6-21(16-20)23(32)25-8-7-22-26-27-24(29(22)3)34-14-11-30-9-12-33-13-10-30/h4-6,15-16H,7-14,17H2,1-3H3,(H,25,32). The van der Waals surface area contributed by atoms with Crippen LogP contribution in [0.5, 0.6) is 0 Å². The molecule has 1 aliphatic heterocycles. The molecule has 1 saturated heterocycles. The van der Waals surface area contributed by atoms with Gasteiger partial charge >= 0.3 is 0 Å². The van der Waals surface area contributed by atoms with Crippen LogP contribution in [0.2, 0.25) is 0 Å². The Kier molecular flexibility index (Phi) is 8.36. The molecule has 0 aliphatic carbocycles. The summed E-state index contributed by atoms with van der Waals surface area (Å²) < 4.78 is 9.37. The van der Waals surface area contributed by atoms with Gasteiger partial charge in [0, 0.05) is 56.7 Å². The van der Waals surface area contributed by atoms with E-state index in [4.69, 9.17) is 4.74 Å². The number of rotatable bonds is 10. The Morgan fingerprint density at radius 3 is 2.76 bits per heavy atom. The molecule has 0 atom stereocenters. The molecule has 1 aliphatic rings. The van der Waals surface area contributed by atoms with Gasteiger partial charge in [0.15, 0.2) is 5.16 Å². The quantitative estimate of drug-likeness (QED) is 0.442. The predicted octanol–water partition coefficient (Wildman–Crippen LogP) is 2.07. The molecule has 0 radical (unpaired) electrons. The number of morpholine rings is 1. The van der Waals surface area contributed by atoms with Gasteiger partial charge in [-0.3, -0.25) is 14.4 Å². The van der Waals surface area contributed by atoms with Crippen molar-refractivity contribution in [2.24, 2.45) is 7.05 Å². The summed E-state index contributed by atoms with van der Waals surface area (Å²) in [5.41, 5.74) is 3.80. The van der Waals surface area contributed by atoms with Gasteiger partial charge < -0.3 is 14.6 Å². The maximum absolute atomic E-state index is 12.7. The predicted molar refractivity (Wildman–Crippen MR) is 132 cm³/mol. The van der Waals surface area contributed by atoms with Gasteiger partial charge in [-0.2, -0.15) is 5.10 Å². The molecule has 182 valence electrons. The molecule has 34 heavy (non-hydrogen) atoms. The molecule has 0 saturated carbocycles. The second-order valence-electron chi connectivity index (χ2n) is 8.55. The van der Waals surface area contributed by atoms with Crippen LogP contribution in [-0.2, 0) is 24.8 Å². The minimum atomic E-state index is -0.0857. The zero-order valence-corrected chi connectivity index (χ0v) is 21.0. The zero-order valence-electron chi connectivity index (χ0n) is 20.2. The van der Waals surface area contributed by atoms with Gasteiger partial charge in [-0.15, -0.1) is 10.2 Å². The summed E-state index contributed by atoms with van der Waals surface area (Å²) in [6.45, 7) is 9.82. The maximum atomic E-state index is 12.7. The lowest BCUT2D eigenvalue weighted by Gasteiger charge is -2.26. The highest BCUT2D eigenvalue weighted by atomic mass is 32.2. The highest BCUT2D eigenvalue weighted by molar-refractivity contribution is 7.99. The number of aromatic nitrogens is 5. The smallest absolute Gasteiger partial charge is 0.251 e. The normalized spacial score (nSPS) is 14.4. The van der Waals surface area contributed by atoms with Crippen LogP contribution in [-0.4, -0.2) is 80.5 Å². The van der Waals surface area contributed by atoms with Gasteiger partial charge in [0.2, 0.25) is 0 Å². The number of carbonyl (C=O) groups excluding carboxylic acids is 1. The van der Waals surface area contributed by atoms with Crippen LogP contribution in [0.4, 0.5) is 0 Å². The lowest BCUT2D eigenvalue weighted by molar-refractivity contribution is 0.0410. The average Bonchev–Trinajstić information content (AvgIpc) is 3.35. The average molecular weight is 484 g/mol. The summed E-state index contributed by atoms with van der Waals surface area (Å²) in [4.78, 5) is 15.1. The van der Waals surface area contributed by atoms with E-state index >= 15 is 0 Å². The molecule has 4 rings (SSSR count). The van der Waals surface area contributed by atoms with Gasteiger partial charge in [-0.1, -0.05) is 23.9 Å². The summed E-state index contributed by atoms with van der Waals surface area (Å²) >= 11 is 1.72. The first-order chi connectivity index (χ1) is 16.5. The van der Waals surface area contributed by atoms with E-state index in [0.717, 1.165) is 66.5 Å². The van der Waals surface area contributed by atoms with Crippen molar-refractivity contribution >= 4 is 17.7 Å². The molecule has 1 N–H and O–H groups in total. The second-order valence-corrected chi connectivity index (χ2v) is 9.61. The van der Waals surface area contributed by atoms with Crippen LogP contribution in [0.15, 0.2) is 35.5 Å². The first-order valence-corrected chi connectivity index (χ1v) is 12.7. The first kappa shape index (κ1) is 24.4. The number of ether oxygens (including phenoxy) is 1. The number of hydrogen-bond acceptors (Lipinski definition) is 7. The molecule has 1 fully saturated rings. The van der Waals surface area contributed by atoms with Crippen LogP contribution in [0.1, 0.15) is 33.1 Å². The number of benzene rings is 1. The van der Waals surface area contributed by atoms with E-state index in [1.165, 1.54) is 0 Å². The number of carbonyl (C=O) groups is 1. The van der Waals surface area contributed by atoms with E-state index in [1.54, 1.807) is 11.8 Å². The van der Waals surface area contributed by atoms with Crippen LogP contribution < -0.4 is 5.32 Å². The van der Waals surface area contributed by atoms with Crippen molar-refractivity contribution < 1.29 is 9.53 Å². The molecule has 1 aromatic carbocycles. The first-order valence-electron chi connectivity index (χ1n) is 11.7. The van der Waals surface area contributed by atoms with Gasteiger partial charge in [0.25, 0.3) is 5.91 Å². The summed E-state index contributed by atoms with van der Waals surface area (Å²) in [5.74, 6) is 1.75. The summed E-state index contributed by atoms with van der Waals surface area (Å²) in [7, 11) is 1.98. The Morgan fingerprint density at radius 2 is 2.00 bits per heavy atom. The molecule has 0 spiro atoms. The number of thioether (sulfide) groups is 1. The van der Waals surface area contributed by atoms with Crippen molar-refractivity contribution in [3.8, 4) is 0 Å². The van der Waals surface area contributed by atoms with E-state index in [9.17, 15) is 4.79 Å². The monoisotopic (exact) mass is 483 g/mol. The fourth-order valence-corrected chi connectivity index (χ4v) is 4.92. The lowest BCUT2D eigenvalue weighted by atomic mass is 10.1. The van der Waals surface area contributed by atoms with E-state index < -0.39 is 0 Å². The third-order valence-corrected chi connectivity index (χ3v) is 6.93. The Morgan fingerprint density at radius 1 is 1.18 bits per heavy atom. The number of hydrogen-bond donors (Lipinski definition) is 1. The zero-order chi connectivity index (χ0) is 23.9. The second kappa shape index (κ2) is 11.6. The minimum absolute atomic E-state index is 0.0857. The molecule has 10 heteroatoms. The van der Waals surface area contributed by atoms with Crippen molar-refractivity contribution in [3.05, 3.63) is 58.7 Å². The highest BCUT2D eigenvalue weighted by Crippen LogP contribution is 2.16. The third-order valence-electron chi connectivity index (χ3n) is 5.93. The van der Waals surface area contributed by atoms with Gasteiger partial charge in [-0.05, 0) is 37.6 Å². The number of aryl methyl sites for hydroxylation is 2. The Labute approximate surface area is 204 Å². The Balaban J connectivity index is 1.24. The summed E-state index contributed by atoms with van der Waals surface area (Å²) in [5, 5.41) is 17.1. The fourth-order valence-electron chi connectivity index (χ4n) is 3.99. The maximum Gasteiger partial charge on any atom is 0.251 e. The Hall–Kier alpha value is -2.69. The number of amides is 1. The van der Waals surface area contributed by atoms with Crippen molar-refractivity contribution in [1.82, 2.24) is 34.8 Å². The van der Waals surface area contributed by atoms with Gasteiger partial charge in [0.05, 0.1) is 25.5 Å². The third kappa shape index (κ3) is 6.46. The van der Waals surface area contributed by atoms with Crippen LogP contribution >= 0.6 is 11.8 Å². The van der Waals surface area contributed by atoms with Crippen LogP contribution in [0, 0.1) is 13.8 Å². The molecule has 3 aromatic rings. The topological polar surface area (TPSA) is 90.1 Å². The molecular weight excluding hydrogens is 450 g/mol. The van der Waals surface area contributed by atoms with Crippen molar-refractivity contribution in [1.29, 1.82) is 0 Å². The van der Waals surface area contributed by atoms with E-state index in [2.05, 4.69) is 31.6 Å². The molecule has 0 unspecified atom stereocenters. The summed E-state index contributed by atoms with van der Waals surface area (Å²) in [6, 6.07) is 9.75. The lowest BCUT2D eigenvalue weighted by Crippen LogP contribution is -2.37.